The highest BCUT2D eigenvalue weighted by Crippen LogP contribution is 2.22. The van der Waals surface area contributed by atoms with Gasteiger partial charge < -0.3 is 9.80 Å². The number of hydrogen-bond acceptors (Lipinski definition) is 2. The van der Waals surface area contributed by atoms with Crippen LogP contribution in [-0.4, -0.2) is 40.4 Å². The second-order valence-electron chi connectivity index (χ2n) is 4.14. The Morgan fingerprint density at radius 1 is 1.07 bits per heavy atom. The van der Waals surface area contributed by atoms with E-state index in [1.54, 1.807) is 5.70 Å². The van der Waals surface area contributed by atoms with Gasteiger partial charge in [-0.1, -0.05) is 29.0 Å². The Bertz CT molecular complexity index is 207. The van der Waals surface area contributed by atoms with Crippen molar-refractivity contribution in [1.29, 1.82) is 0 Å². The lowest BCUT2D eigenvalue weighted by Crippen LogP contribution is -2.48. The highest BCUT2D eigenvalue weighted by Gasteiger charge is 2.22. The summed E-state index contributed by atoms with van der Waals surface area (Å²) in [5.41, 5.74) is 1.59. The van der Waals surface area contributed by atoms with Crippen molar-refractivity contribution in [3.05, 3.63) is 11.9 Å². The molecule has 0 aromatic heterocycles. The summed E-state index contributed by atoms with van der Waals surface area (Å²) in [7, 11) is 0. The van der Waals surface area contributed by atoms with Crippen LogP contribution in [0.2, 0.25) is 0 Å². The fourth-order valence-corrected chi connectivity index (χ4v) is 2.77. The third-order valence-electron chi connectivity index (χ3n) is 3.12. The molecule has 0 aliphatic carbocycles. The van der Waals surface area contributed by atoms with Gasteiger partial charge in [-0.2, -0.15) is 0 Å². The van der Waals surface area contributed by atoms with Crippen molar-refractivity contribution in [3.63, 3.8) is 0 Å². The van der Waals surface area contributed by atoms with E-state index in [9.17, 15) is 0 Å². The largest absolute Gasteiger partial charge is 0.372 e. The van der Waals surface area contributed by atoms with Crippen LogP contribution in [0.4, 0.5) is 0 Å². The average Bonchev–Trinajstić information content (AvgIpc) is 2.26. The maximum absolute atomic E-state index is 2.57. The standard InChI is InChI=1S/C11H19IN2/c12-5-3-1-2-4-11-10-13-6-8-14(11)9-7-13/h10H,1-9H2. The molecule has 0 amide bonds. The molecule has 0 saturated carbocycles. The van der Waals surface area contributed by atoms with Gasteiger partial charge in [0, 0.05) is 38.1 Å². The van der Waals surface area contributed by atoms with E-state index in [4.69, 9.17) is 0 Å². The first-order valence-corrected chi connectivity index (χ1v) is 7.18. The normalized spacial score (nSPS) is 20.2. The molecule has 0 spiro atoms. The molecule has 3 rings (SSSR count). The van der Waals surface area contributed by atoms with Gasteiger partial charge in [-0.15, -0.1) is 0 Å². The number of rotatable bonds is 5. The summed E-state index contributed by atoms with van der Waals surface area (Å²) in [5.74, 6) is 0. The topological polar surface area (TPSA) is 6.48 Å². The molecule has 0 unspecified atom stereocenters. The summed E-state index contributed by atoms with van der Waals surface area (Å²) in [4.78, 5) is 5.05. The minimum atomic E-state index is 1.25. The first-order chi connectivity index (χ1) is 6.90. The van der Waals surface area contributed by atoms with Gasteiger partial charge in [-0.3, -0.25) is 0 Å². The Morgan fingerprint density at radius 3 is 2.43 bits per heavy atom. The molecule has 1 saturated heterocycles. The minimum absolute atomic E-state index is 1.25. The molecular weight excluding hydrogens is 287 g/mol. The lowest BCUT2D eigenvalue weighted by atomic mass is 10.1. The Hall–Kier alpha value is 0.0700. The Balaban J connectivity index is 1.75. The SMILES string of the molecule is ICCCCCC1=CN2CCN1CC2. The second kappa shape index (κ2) is 5.24. The van der Waals surface area contributed by atoms with Gasteiger partial charge in [0.25, 0.3) is 0 Å². The van der Waals surface area contributed by atoms with E-state index in [-0.39, 0.29) is 0 Å². The third kappa shape index (κ3) is 2.55. The molecule has 3 aliphatic heterocycles. The van der Waals surface area contributed by atoms with Gasteiger partial charge in [0.2, 0.25) is 0 Å². The van der Waals surface area contributed by atoms with Crippen molar-refractivity contribution in [2.45, 2.75) is 25.7 Å². The molecule has 3 heterocycles. The fraction of sp³-hybridized carbons (Fsp3) is 0.818. The van der Waals surface area contributed by atoms with Gasteiger partial charge >= 0.3 is 0 Å². The van der Waals surface area contributed by atoms with Crippen molar-refractivity contribution in [2.75, 3.05) is 30.6 Å². The van der Waals surface area contributed by atoms with Gasteiger partial charge in [-0.25, -0.2) is 0 Å². The van der Waals surface area contributed by atoms with E-state index in [0.29, 0.717) is 0 Å². The third-order valence-corrected chi connectivity index (χ3v) is 3.88. The highest BCUT2D eigenvalue weighted by atomic mass is 127. The highest BCUT2D eigenvalue weighted by molar-refractivity contribution is 14.1. The Kier molecular flexibility index (Phi) is 3.96. The van der Waals surface area contributed by atoms with Crippen molar-refractivity contribution in [3.8, 4) is 0 Å². The monoisotopic (exact) mass is 306 g/mol. The first kappa shape index (κ1) is 10.6. The van der Waals surface area contributed by atoms with Crippen LogP contribution in [0, 0.1) is 0 Å². The zero-order valence-electron chi connectivity index (χ0n) is 8.71. The molecule has 80 valence electrons. The summed E-state index contributed by atoms with van der Waals surface area (Å²) in [6.07, 6.45) is 7.84. The molecular formula is C11H19IN2. The van der Waals surface area contributed by atoms with E-state index in [0.717, 1.165) is 0 Å². The van der Waals surface area contributed by atoms with Gasteiger partial charge in [0.15, 0.2) is 0 Å². The van der Waals surface area contributed by atoms with Crippen LogP contribution in [0.1, 0.15) is 25.7 Å². The van der Waals surface area contributed by atoms with Gasteiger partial charge in [-0.05, 0) is 23.7 Å². The lowest BCUT2D eigenvalue weighted by molar-refractivity contribution is 0.159. The molecule has 0 radical (unpaired) electrons. The molecule has 2 nitrogen and oxygen atoms in total. The summed E-state index contributed by atoms with van der Waals surface area (Å²) in [6.45, 7) is 5.02. The van der Waals surface area contributed by atoms with Crippen LogP contribution in [0.15, 0.2) is 11.9 Å². The number of alkyl halides is 1. The Labute approximate surface area is 100 Å². The van der Waals surface area contributed by atoms with Crippen LogP contribution < -0.4 is 0 Å². The van der Waals surface area contributed by atoms with E-state index < -0.39 is 0 Å². The minimum Gasteiger partial charge on any atom is -0.372 e. The predicted molar refractivity (Wildman–Crippen MR) is 68.6 cm³/mol. The average molecular weight is 306 g/mol. The molecule has 3 aliphatic rings. The lowest BCUT2D eigenvalue weighted by Gasteiger charge is -2.43. The van der Waals surface area contributed by atoms with Crippen LogP contribution in [0.25, 0.3) is 0 Å². The number of allylic oxidation sites excluding steroid dienone is 1. The molecule has 0 aromatic carbocycles. The predicted octanol–water partition coefficient (Wildman–Crippen LogP) is 2.45. The maximum Gasteiger partial charge on any atom is 0.0352 e. The molecule has 0 atom stereocenters. The van der Waals surface area contributed by atoms with Crippen molar-refractivity contribution in [2.24, 2.45) is 0 Å². The number of piperazine rings is 1. The summed E-state index contributed by atoms with van der Waals surface area (Å²) >= 11 is 2.47. The molecule has 0 N–H and O–H groups in total. The summed E-state index contributed by atoms with van der Waals surface area (Å²) < 4.78 is 1.31. The fourth-order valence-electron chi connectivity index (χ4n) is 2.23. The van der Waals surface area contributed by atoms with E-state index >= 15 is 0 Å². The summed E-state index contributed by atoms with van der Waals surface area (Å²) in [6, 6.07) is 0. The quantitative estimate of drug-likeness (QED) is 0.437. The molecule has 2 bridgehead atoms. The zero-order chi connectivity index (χ0) is 9.80. The summed E-state index contributed by atoms with van der Waals surface area (Å²) in [5, 5.41) is 0. The van der Waals surface area contributed by atoms with Crippen molar-refractivity contribution >= 4 is 22.6 Å². The smallest absolute Gasteiger partial charge is 0.0352 e. The number of fused-ring (bicyclic) bond motifs is 2. The van der Waals surface area contributed by atoms with Crippen LogP contribution in [0.3, 0.4) is 0 Å². The van der Waals surface area contributed by atoms with Crippen LogP contribution >= 0.6 is 22.6 Å². The number of unbranched alkanes of at least 4 members (excludes halogenated alkanes) is 2. The maximum atomic E-state index is 2.57. The van der Waals surface area contributed by atoms with Crippen molar-refractivity contribution in [1.82, 2.24) is 9.80 Å². The van der Waals surface area contributed by atoms with E-state index in [2.05, 4.69) is 38.6 Å². The van der Waals surface area contributed by atoms with Crippen LogP contribution in [0.5, 0.6) is 0 Å². The van der Waals surface area contributed by atoms with Crippen LogP contribution in [-0.2, 0) is 0 Å². The number of halogens is 1. The molecule has 3 heteroatoms. The van der Waals surface area contributed by atoms with Gasteiger partial charge in [0.1, 0.15) is 0 Å². The number of nitrogens with zero attached hydrogens (tertiary/aromatic N) is 2. The van der Waals surface area contributed by atoms with E-state index in [1.165, 1.54) is 56.3 Å². The Morgan fingerprint density at radius 2 is 1.86 bits per heavy atom. The zero-order valence-corrected chi connectivity index (χ0v) is 10.9. The number of hydrogen-bond donors (Lipinski definition) is 0. The molecule has 14 heavy (non-hydrogen) atoms. The van der Waals surface area contributed by atoms with Gasteiger partial charge in [0.05, 0.1) is 0 Å². The first-order valence-electron chi connectivity index (χ1n) is 5.66. The second-order valence-corrected chi connectivity index (χ2v) is 5.22. The molecule has 1 fully saturated rings. The molecule has 0 aromatic rings. The van der Waals surface area contributed by atoms with E-state index in [1.807, 2.05) is 0 Å². The van der Waals surface area contributed by atoms with Crippen molar-refractivity contribution < 1.29 is 0 Å².